The average Bonchev–Trinajstić information content (AvgIpc) is 3.87. The minimum absolute atomic E-state index is 0.518. The van der Waals surface area contributed by atoms with Crippen molar-refractivity contribution in [1.29, 1.82) is 0 Å². The maximum absolute atomic E-state index is 6.12. The summed E-state index contributed by atoms with van der Waals surface area (Å²) in [4.78, 5) is 2.42. The predicted molar refractivity (Wildman–Crippen MR) is 274 cm³/mol. The predicted octanol–water partition coefficient (Wildman–Crippen LogP) is 16.3. The highest BCUT2D eigenvalue weighted by atomic mass is 16.5. The van der Waals surface area contributed by atoms with Crippen LogP contribution in [0.25, 0.3) is 49.8 Å². The number of methoxy groups -OCH3 is 1. The Hall–Kier alpha value is -7.88. The number of hydrogen-bond acceptors (Lipinski definition) is 2. The van der Waals surface area contributed by atoms with Crippen molar-refractivity contribution in [1.82, 2.24) is 4.57 Å². The molecule has 0 atom stereocenters. The molecule has 0 N–H and O–H groups in total. The van der Waals surface area contributed by atoms with Crippen LogP contribution in [0.1, 0.15) is 60.1 Å². The largest absolute Gasteiger partial charge is 0.496 e. The molecule has 0 unspecified atom stereocenters. The normalized spacial score (nSPS) is 14.1. The minimum Gasteiger partial charge on any atom is -0.496 e. The number of aromatic nitrogens is 1. The van der Waals surface area contributed by atoms with E-state index in [9.17, 15) is 0 Å². The second-order valence-corrected chi connectivity index (χ2v) is 17.0. The number of allylic oxidation sites excluding steroid dienone is 8. The monoisotopic (exact) mass is 838 g/mol. The lowest BCUT2D eigenvalue weighted by molar-refractivity contribution is 0.414. The third kappa shape index (κ3) is 6.49. The van der Waals surface area contributed by atoms with E-state index in [1.54, 1.807) is 7.11 Å². The highest BCUT2D eigenvalue weighted by Gasteiger charge is 2.46. The summed E-state index contributed by atoms with van der Waals surface area (Å²) < 4.78 is 8.55. The van der Waals surface area contributed by atoms with Gasteiger partial charge in [-0.25, -0.2) is 0 Å². The van der Waals surface area contributed by atoms with Crippen molar-refractivity contribution in [2.45, 2.75) is 32.1 Å². The van der Waals surface area contributed by atoms with Crippen molar-refractivity contribution in [3.05, 3.63) is 258 Å². The summed E-state index contributed by atoms with van der Waals surface area (Å²) in [5.74, 6) is 0.894. The van der Waals surface area contributed by atoms with E-state index in [2.05, 4.69) is 248 Å². The second-order valence-electron chi connectivity index (χ2n) is 17.0. The number of fused-ring (bicyclic) bond motifs is 6. The van der Waals surface area contributed by atoms with E-state index in [4.69, 9.17) is 4.74 Å². The summed E-state index contributed by atoms with van der Waals surface area (Å²) >= 11 is 0. The molecule has 0 aliphatic heterocycles. The summed E-state index contributed by atoms with van der Waals surface area (Å²) in [6, 6.07) is 69.4. The topological polar surface area (TPSA) is 17.4 Å². The fourth-order valence-electron chi connectivity index (χ4n) is 10.7. The molecule has 2 aliphatic rings. The van der Waals surface area contributed by atoms with E-state index >= 15 is 0 Å². The number of anilines is 3. The van der Waals surface area contributed by atoms with E-state index < -0.39 is 5.41 Å². The van der Waals surface area contributed by atoms with Gasteiger partial charge in [-0.3, -0.25) is 0 Å². The maximum Gasteiger partial charge on any atom is 0.128 e. The molecule has 3 heteroatoms. The van der Waals surface area contributed by atoms with Crippen molar-refractivity contribution in [3.8, 4) is 22.6 Å². The van der Waals surface area contributed by atoms with Gasteiger partial charge in [0, 0.05) is 39.1 Å². The fraction of sp³-hybridized carbons (Fsp3) is 0.0968. The quantitative estimate of drug-likeness (QED) is 0.128. The van der Waals surface area contributed by atoms with Gasteiger partial charge < -0.3 is 14.2 Å². The summed E-state index contributed by atoms with van der Waals surface area (Å²) in [5.41, 5.74) is 18.6. The number of ether oxygens (including phenoxy) is 1. The van der Waals surface area contributed by atoms with Crippen LogP contribution in [0.3, 0.4) is 0 Å². The lowest BCUT2D eigenvalue weighted by atomic mass is 9.67. The molecule has 8 aromatic carbocycles. The van der Waals surface area contributed by atoms with Gasteiger partial charge in [0.2, 0.25) is 0 Å². The molecule has 0 amide bonds. The zero-order chi connectivity index (χ0) is 43.9. The number of nitrogens with zero attached hydrogens (tertiary/aromatic N) is 2. The zero-order valence-electron chi connectivity index (χ0n) is 37.1. The van der Waals surface area contributed by atoms with Crippen LogP contribution in [-0.2, 0) is 5.41 Å². The van der Waals surface area contributed by atoms with Crippen LogP contribution >= 0.6 is 0 Å². The lowest BCUT2D eigenvalue weighted by Gasteiger charge is -2.35. The summed E-state index contributed by atoms with van der Waals surface area (Å²) in [6.45, 7) is 4.17. The summed E-state index contributed by atoms with van der Waals surface area (Å²) in [5, 5.41) is 2.44. The van der Waals surface area contributed by atoms with Gasteiger partial charge in [0.25, 0.3) is 0 Å². The van der Waals surface area contributed by atoms with E-state index in [1.807, 2.05) is 0 Å². The molecule has 0 radical (unpaired) electrons. The molecule has 3 nitrogen and oxygen atoms in total. The highest BCUT2D eigenvalue weighted by Crippen LogP contribution is 2.57. The Morgan fingerprint density at radius 2 is 1.26 bits per heavy atom. The number of hydrogen-bond donors (Lipinski definition) is 0. The molecule has 0 saturated heterocycles. The molecule has 0 bridgehead atoms. The molecule has 314 valence electrons. The molecule has 9 aromatic rings. The molecule has 0 spiro atoms. The van der Waals surface area contributed by atoms with Crippen molar-refractivity contribution >= 4 is 50.0 Å². The molecule has 2 aliphatic carbocycles. The first-order valence-corrected chi connectivity index (χ1v) is 22.8. The maximum atomic E-state index is 6.12. The van der Waals surface area contributed by atoms with Gasteiger partial charge >= 0.3 is 0 Å². The fourth-order valence-corrected chi connectivity index (χ4v) is 10.7. The van der Waals surface area contributed by atoms with Gasteiger partial charge in [0.15, 0.2) is 0 Å². The van der Waals surface area contributed by atoms with Gasteiger partial charge in [-0.15, -0.1) is 0 Å². The van der Waals surface area contributed by atoms with Crippen LogP contribution in [0, 0.1) is 0 Å². The van der Waals surface area contributed by atoms with E-state index in [1.165, 1.54) is 71.9 Å². The Morgan fingerprint density at radius 3 is 1.94 bits per heavy atom. The van der Waals surface area contributed by atoms with Crippen LogP contribution < -0.4 is 9.64 Å². The van der Waals surface area contributed by atoms with Gasteiger partial charge in [-0.05, 0) is 144 Å². The Balaban J connectivity index is 1.12. The molecule has 1 heterocycles. The first-order chi connectivity index (χ1) is 32.1. The molecule has 11 rings (SSSR count). The van der Waals surface area contributed by atoms with Gasteiger partial charge in [0.05, 0.1) is 23.6 Å². The first kappa shape index (κ1) is 39.9. The van der Waals surface area contributed by atoms with Gasteiger partial charge in [-0.2, -0.15) is 0 Å². The van der Waals surface area contributed by atoms with E-state index in [-0.39, 0.29) is 0 Å². The highest BCUT2D eigenvalue weighted by molar-refractivity contribution is 6.13. The van der Waals surface area contributed by atoms with Crippen LogP contribution in [0.4, 0.5) is 17.1 Å². The smallest absolute Gasteiger partial charge is 0.128 e. The summed E-state index contributed by atoms with van der Waals surface area (Å²) in [6.07, 6.45) is 15.1. The Morgan fingerprint density at radius 1 is 0.615 bits per heavy atom. The molecular formula is C62H50N2O. The minimum atomic E-state index is -0.518. The van der Waals surface area contributed by atoms with Crippen LogP contribution in [0.5, 0.6) is 5.75 Å². The SMILES string of the molecule is C/C=C\C(=C/C)c1ccc(N(c2ccc(-n3c4ccccc4c4ccc(OC)c(C5=CC=CCC5)c43)cc2)c2ccc3c(c2)C(c2ccccc2)(c2ccccc2)c2ccccc2-3)cc1. The molecular weight excluding hydrogens is 789 g/mol. The number of rotatable bonds is 10. The van der Waals surface area contributed by atoms with Crippen LogP contribution in [-0.4, -0.2) is 11.7 Å². The van der Waals surface area contributed by atoms with Crippen molar-refractivity contribution < 1.29 is 4.74 Å². The van der Waals surface area contributed by atoms with E-state index in [0.29, 0.717) is 0 Å². The molecule has 0 fully saturated rings. The van der Waals surface area contributed by atoms with E-state index in [0.717, 1.165) is 46.9 Å². The van der Waals surface area contributed by atoms with Crippen molar-refractivity contribution in [2.75, 3.05) is 12.0 Å². The number of para-hydroxylation sites is 1. The van der Waals surface area contributed by atoms with Crippen LogP contribution in [0.2, 0.25) is 0 Å². The third-order valence-corrected chi connectivity index (χ3v) is 13.5. The lowest BCUT2D eigenvalue weighted by Crippen LogP contribution is -2.28. The van der Waals surface area contributed by atoms with Crippen LogP contribution in [0.15, 0.2) is 225 Å². The second kappa shape index (κ2) is 16.7. The zero-order valence-corrected chi connectivity index (χ0v) is 37.1. The van der Waals surface area contributed by atoms with Crippen molar-refractivity contribution in [3.63, 3.8) is 0 Å². The molecule has 65 heavy (non-hydrogen) atoms. The Bertz CT molecular complexity index is 3310. The van der Waals surface area contributed by atoms with Gasteiger partial charge in [0.1, 0.15) is 5.75 Å². The van der Waals surface area contributed by atoms with Gasteiger partial charge in [-0.1, -0.05) is 158 Å². The summed E-state index contributed by atoms with van der Waals surface area (Å²) in [7, 11) is 1.79. The third-order valence-electron chi connectivity index (χ3n) is 13.5. The molecule has 1 aromatic heterocycles. The average molecular weight is 839 g/mol. The van der Waals surface area contributed by atoms with Crippen molar-refractivity contribution in [2.24, 2.45) is 0 Å². The molecule has 0 saturated carbocycles. The standard InChI is InChI=1S/C62H50N2O/c1-4-19-43(5-2)44-30-32-48(33-31-44)63(51-38-39-53-52-26-15-17-28-56(52)62(57(53)42-51,46-22-11-7-12-23-46)47-24-13-8-14-25-47)49-34-36-50(37-35-49)64-58-29-18-16-27-54(58)55-40-41-59(65-3)60(61(55)64)45-20-9-6-10-21-45/h4-9,11-20,22-42H,10,21H2,1-3H3/b19-4-,43-5+. The Kier molecular flexibility index (Phi) is 10.2. The first-order valence-electron chi connectivity index (χ1n) is 22.8. The Labute approximate surface area is 382 Å². The number of benzene rings is 8.